The number of hydrogen-bond acceptors (Lipinski definition) is 5. The van der Waals surface area contributed by atoms with Crippen LogP contribution in [0.15, 0.2) is 66.3 Å². The Morgan fingerprint density at radius 1 is 1.06 bits per heavy atom. The summed E-state index contributed by atoms with van der Waals surface area (Å²) in [5.74, 6) is 0.790. The standard InChI is InChI=1S/C24H23N5OS2/c1-15-13-19(16(2)28(15)24-26-11-12-32-24)22-21(20-9-4-5-10-25-20)27-23(31)29(22)17-7-6-8-18(14-17)30-3/h4-14,21-22H,1-3H3,(H,27,31). The molecule has 1 N–H and O–H groups in total. The number of thiocarbonyl (C=S) groups is 1. The zero-order chi connectivity index (χ0) is 22.2. The third-order valence-electron chi connectivity index (χ3n) is 5.83. The molecule has 0 saturated carbocycles. The third kappa shape index (κ3) is 3.45. The van der Waals surface area contributed by atoms with E-state index in [-0.39, 0.29) is 12.1 Å². The molecule has 2 unspecified atom stereocenters. The molecule has 4 heterocycles. The Morgan fingerprint density at radius 3 is 2.66 bits per heavy atom. The van der Waals surface area contributed by atoms with E-state index in [2.05, 4.69) is 50.7 Å². The van der Waals surface area contributed by atoms with E-state index in [9.17, 15) is 0 Å². The van der Waals surface area contributed by atoms with Crippen LogP contribution in [0.4, 0.5) is 5.69 Å². The van der Waals surface area contributed by atoms with Crippen LogP contribution in [0.2, 0.25) is 0 Å². The second-order valence-electron chi connectivity index (χ2n) is 7.67. The fourth-order valence-electron chi connectivity index (χ4n) is 4.42. The zero-order valence-corrected chi connectivity index (χ0v) is 19.7. The smallest absolute Gasteiger partial charge is 0.193 e. The molecule has 162 valence electrons. The first-order valence-corrected chi connectivity index (χ1v) is 11.6. The molecule has 6 nitrogen and oxygen atoms in total. The molecule has 0 radical (unpaired) electrons. The van der Waals surface area contributed by atoms with Crippen molar-refractivity contribution in [3.8, 4) is 10.9 Å². The molecule has 5 rings (SSSR count). The van der Waals surface area contributed by atoms with Gasteiger partial charge in [-0.05, 0) is 62.0 Å². The first-order valence-electron chi connectivity index (χ1n) is 10.3. The lowest BCUT2D eigenvalue weighted by Crippen LogP contribution is -2.29. The Hall–Kier alpha value is -3.23. The van der Waals surface area contributed by atoms with Crippen LogP contribution in [0.3, 0.4) is 0 Å². The molecule has 1 aliphatic heterocycles. The molecular weight excluding hydrogens is 438 g/mol. The highest BCUT2D eigenvalue weighted by Crippen LogP contribution is 2.44. The van der Waals surface area contributed by atoms with Crippen LogP contribution in [0, 0.1) is 13.8 Å². The van der Waals surface area contributed by atoms with Gasteiger partial charge in [-0.1, -0.05) is 12.1 Å². The largest absolute Gasteiger partial charge is 0.497 e. The Kier molecular flexibility index (Phi) is 5.40. The monoisotopic (exact) mass is 461 g/mol. The van der Waals surface area contributed by atoms with Gasteiger partial charge < -0.3 is 15.0 Å². The normalized spacial score (nSPS) is 18.1. The van der Waals surface area contributed by atoms with Gasteiger partial charge in [0.05, 0.1) is 24.9 Å². The number of nitrogens with one attached hydrogen (secondary N) is 1. The summed E-state index contributed by atoms with van der Waals surface area (Å²) in [7, 11) is 1.68. The Morgan fingerprint density at radius 2 is 1.94 bits per heavy atom. The summed E-state index contributed by atoms with van der Waals surface area (Å²) in [5.41, 5.74) is 5.38. The number of thiazole rings is 1. The van der Waals surface area contributed by atoms with E-state index < -0.39 is 0 Å². The topological polar surface area (TPSA) is 55.2 Å². The summed E-state index contributed by atoms with van der Waals surface area (Å²) in [6.07, 6.45) is 3.66. The maximum absolute atomic E-state index is 5.85. The van der Waals surface area contributed by atoms with Gasteiger partial charge in [-0.2, -0.15) is 0 Å². The molecule has 1 aromatic carbocycles. The molecule has 1 fully saturated rings. The fourth-order valence-corrected chi connectivity index (χ4v) is 5.51. The summed E-state index contributed by atoms with van der Waals surface area (Å²) in [4.78, 5) is 11.4. The second-order valence-corrected chi connectivity index (χ2v) is 8.93. The lowest BCUT2D eigenvalue weighted by molar-refractivity contribution is 0.415. The van der Waals surface area contributed by atoms with Crippen LogP contribution in [-0.2, 0) is 0 Å². The number of pyridine rings is 1. The van der Waals surface area contributed by atoms with Crippen molar-refractivity contribution in [1.29, 1.82) is 0 Å². The molecule has 1 aliphatic rings. The summed E-state index contributed by atoms with van der Waals surface area (Å²) in [5, 5.41) is 7.15. The fraction of sp³-hybridized carbons (Fsp3) is 0.208. The van der Waals surface area contributed by atoms with Crippen molar-refractivity contribution < 1.29 is 4.74 Å². The SMILES string of the molecule is COc1cccc(N2C(=S)NC(c3ccccn3)C2c2cc(C)n(-c3nccs3)c2C)c1. The van der Waals surface area contributed by atoms with Crippen molar-refractivity contribution in [3.63, 3.8) is 0 Å². The number of benzene rings is 1. The number of methoxy groups -OCH3 is 1. The maximum Gasteiger partial charge on any atom is 0.193 e. The van der Waals surface area contributed by atoms with Gasteiger partial charge in [0.15, 0.2) is 10.2 Å². The van der Waals surface area contributed by atoms with E-state index in [1.54, 1.807) is 18.4 Å². The number of rotatable bonds is 5. The summed E-state index contributed by atoms with van der Waals surface area (Å²) in [6.45, 7) is 4.26. The highest BCUT2D eigenvalue weighted by molar-refractivity contribution is 7.80. The van der Waals surface area contributed by atoms with Crippen molar-refractivity contribution >= 4 is 34.4 Å². The van der Waals surface area contributed by atoms with Crippen molar-refractivity contribution in [2.45, 2.75) is 25.9 Å². The van der Waals surface area contributed by atoms with Crippen molar-refractivity contribution in [2.75, 3.05) is 12.0 Å². The number of anilines is 1. The average molecular weight is 462 g/mol. The molecule has 0 spiro atoms. The molecule has 0 bridgehead atoms. The molecular formula is C24H23N5OS2. The van der Waals surface area contributed by atoms with E-state index in [1.807, 2.05) is 54.2 Å². The summed E-state index contributed by atoms with van der Waals surface area (Å²) in [6, 6.07) is 16.0. The van der Waals surface area contributed by atoms with E-state index in [0.29, 0.717) is 5.11 Å². The average Bonchev–Trinajstić information content (AvgIpc) is 3.52. The zero-order valence-electron chi connectivity index (χ0n) is 18.0. The van der Waals surface area contributed by atoms with Gasteiger partial charge in [-0.3, -0.25) is 9.55 Å². The number of aromatic nitrogens is 3. The predicted octanol–water partition coefficient (Wildman–Crippen LogP) is 5.13. The van der Waals surface area contributed by atoms with Crippen LogP contribution in [0.25, 0.3) is 5.13 Å². The van der Waals surface area contributed by atoms with E-state index in [1.165, 1.54) is 5.56 Å². The van der Waals surface area contributed by atoms with Gasteiger partial charge in [0.1, 0.15) is 5.75 Å². The molecule has 2 atom stereocenters. The summed E-state index contributed by atoms with van der Waals surface area (Å²) >= 11 is 7.48. The van der Waals surface area contributed by atoms with Gasteiger partial charge in [-0.15, -0.1) is 11.3 Å². The van der Waals surface area contributed by atoms with E-state index in [0.717, 1.165) is 33.7 Å². The molecule has 8 heteroatoms. The third-order valence-corrected chi connectivity index (χ3v) is 6.90. The van der Waals surface area contributed by atoms with Crippen LogP contribution in [0.1, 0.15) is 34.7 Å². The van der Waals surface area contributed by atoms with Gasteiger partial charge in [0.2, 0.25) is 0 Å². The van der Waals surface area contributed by atoms with E-state index in [4.69, 9.17) is 17.0 Å². The van der Waals surface area contributed by atoms with Gasteiger partial charge >= 0.3 is 0 Å². The number of ether oxygens (including phenoxy) is 1. The highest BCUT2D eigenvalue weighted by Gasteiger charge is 2.42. The van der Waals surface area contributed by atoms with Gasteiger partial charge in [-0.25, -0.2) is 4.98 Å². The highest BCUT2D eigenvalue weighted by atomic mass is 32.1. The lowest BCUT2D eigenvalue weighted by Gasteiger charge is -2.28. The van der Waals surface area contributed by atoms with Crippen LogP contribution in [0.5, 0.6) is 5.75 Å². The summed E-state index contributed by atoms with van der Waals surface area (Å²) < 4.78 is 7.69. The first kappa shape index (κ1) is 20.7. The van der Waals surface area contributed by atoms with Gasteiger partial charge in [0.25, 0.3) is 0 Å². The maximum atomic E-state index is 5.85. The second kappa shape index (κ2) is 8.37. The van der Waals surface area contributed by atoms with Crippen molar-refractivity contribution in [2.24, 2.45) is 0 Å². The minimum atomic E-state index is -0.0971. The predicted molar refractivity (Wildman–Crippen MR) is 132 cm³/mol. The number of nitrogens with zero attached hydrogens (tertiary/aromatic N) is 4. The number of hydrogen-bond donors (Lipinski definition) is 1. The Balaban J connectivity index is 1.68. The van der Waals surface area contributed by atoms with E-state index >= 15 is 0 Å². The van der Waals surface area contributed by atoms with Crippen molar-refractivity contribution in [3.05, 3.63) is 88.9 Å². The molecule has 32 heavy (non-hydrogen) atoms. The first-order chi connectivity index (χ1) is 15.6. The lowest BCUT2D eigenvalue weighted by atomic mass is 9.96. The Labute approximate surface area is 196 Å². The minimum absolute atomic E-state index is 0.0792. The quantitative estimate of drug-likeness (QED) is 0.416. The molecule has 0 amide bonds. The minimum Gasteiger partial charge on any atom is -0.497 e. The number of aryl methyl sites for hydroxylation is 1. The van der Waals surface area contributed by atoms with Crippen LogP contribution < -0.4 is 15.0 Å². The Bertz CT molecular complexity index is 1250. The molecule has 3 aromatic heterocycles. The van der Waals surface area contributed by atoms with Crippen molar-refractivity contribution in [1.82, 2.24) is 19.9 Å². The molecule has 1 saturated heterocycles. The molecule has 4 aromatic rings. The molecule has 0 aliphatic carbocycles. The van der Waals surface area contributed by atoms with Crippen LogP contribution in [-0.4, -0.2) is 26.8 Å². The van der Waals surface area contributed by atoms with Crippen LogP contribution >= 0.6 is 23.6 Å². The van der Waals surface area contributed by atoms with Gasteiger partial charge in [0, 0.05) is 40.9 Å².